The molecule has 0 aromatic carbocycles. The average Bonchev–Trinajstić information content (AvgIpc) is 1.90. The van der Waals surface area contributed by atoms with Crippen LogP contribution in [0.4, 0.5) is 0 Å². The predicted molar refractivity (Wildman–Crippen MR) is 37.3 cm³/mol. The number of nitrogens with zero attached hydrogens (tertiary/aromatic N) is 2. The molecular weight excluding hydrogens is 116 g/mol. The number of hydrogen-bond donors (Lipinski definition) is 0. The molecule has 0 spiro atoms. The van der Waals surface area contributed by atoms with Gasteiger partial charge in [0.05, 0.1) is 25.9 Å². The number of ether oxygens (including phenoxy) is 1. The summed E-state index contributed by atoms with van der Waals surface area (Å²) in [6.07, 6.45) is 1.66. The van der Waals surface area contributed by atoms with Crippen molar-refractivity contribution in [1.82, 2.24) is 0 Å². The highest BCUT2D eigenvalue weighted by Crippen LogP contribution is 1.95. The molecule has 1 heterocycles. The lowest BCUT2D eigenvalue weighted by atomic mass is 10.3. The number of hydrogen-bond acceptors (Lipinski definition) is 3. The zero-order valence-electron chi connectivity index (χ0n) is 5.66. The van der Waals surface area contributed by atoms with Gasteiger partial charge in [-0.2, -0.15) is 0 Å². The van der Waals surface area contributed by atoms with E-state index in [0.717, 1.165) is 6.54 Å². The van der Waals surface area contributed by atoms with Crippen molar-refractivity contribution in [3.8, 4) is 0 Å². The highest BCUT2D eigenvalue weighted by Gasteiger charge is 2.03. The fraction of sp³-hybridized carbons (Fsp3) is 0.667. The topological polar surface area (TPSA) is 34.0 Å². The van der Waals surface area contributed by atoms with Gasteiger partial charge in [0.1, 0.15) is 0 Å². The second-order valence-corrected chi connectivity index (χ2v) is 2.01. The summed E-state index contributed by atoms with van der Waals surface area (Å²) < 4.78 is 4.84. The lowest BCUT2D eigenvalue weighted by Gasteiger charge is -2.08. The fourth-order valence-electron chi connectivity index (χ4n) is 0.618. The lowest BCUT2D eigenvalue weighted by Crippen LogP contribution is -2.16. The molecule has 0 saturated heterocycles. The Kier molecular flexibility index (Phi) is 1.82. The standard InChI is InChI=1S/C6H10N2O/c1-5-3-8-6(9-2)4-7-5/h4-5H,3H2,1-2H3. The van der Waals surface area contributed by atoms with Crippen molar-refractivity contribution in [1.29, 1.82) is 0 Å². The zero-order chi connectivity index (χ0) is 6.69. The molecular formula is C6H10N2O. The van der Waals surface area contributed by atoms with Crippen molar-refractivity contribution < 1.29 is 4.74 Å². The molecule has 9 heavy (non-hydrogen) atoms. The summed E-state index contributed by atoms with van der Waals surface area (Å²) in [6.45, 7) is 2.77. The van der Waals surface area contributed by atoms with Crippen molar-refractivity contribution in [3.05, 3.63) is 0 Å². The van der Waals surface area contributed by atoms with Crippen LogP contribution in [0.1, 0.15) is 6.92 Å². The largest absolute Gasteiger partial charge is 0.480 e. The van der Waals surface area contributed by atoms with Gasteiger partial charge in [0.15, 0.2) is 0 Å². The molecule has 1 unspecified atom stereocenters. The third-order valence-electron chi connectivity index (χ3n) is 1.16. The highest BCUT2D eigenvalue weighted by molar-refractivity contribution is 6.26. The maximum atomic E-state index is 4.84. The van der Waals surface area contributed by atoms with Crippen molar-refractivity contribution >= 4 is 12.1 Å². The number of methoxy groups -OCH3 is 1. The maximum Gasteiger partial charge on any atom is 0.226 e. The van der Waals surface area contributed by atoms with Gasteiger partial charge in [0, 0.05) is 0 Å². The summed E-state index contributed by atoms with van der Waals surface area (Å²) in [4.78, 5) is 8.18. The van der Waals surface area contributed by atoms with Crippen molar-refractivity contribution in [2.75, 3.05) is 13.7 Å². The van der Waals surface area contributed by atoms with E-state index in [-0.39, 0.29) is 0 Å². The van der Waals surface area contributed by atoms with Crippen molar-refractivity contribution in [2.24, 2.45) is 9.98 Å². The van der Waals surface area contributed by atoms with Gasteiger partial charge in [-0.3, -0.25) is 4.99 Å². The summed E-state index contributed by atoms with van der Waals surface area (Å²) in [5, 5.41) is 0. The van der Waals surface area contributed by atoms with E-state index in [9.17, 15) is 0 Å². The molecule has 3 heteroatoms. The van der Waals surface area contributed by atoms with E-state index in [1.807, 2.05) is 6.92 Å². The van der Waals surface area contributed by atoms with Crippen LogP contribution in [0.25, 0.3) is 0 Å². The number of rotatable bonds is 0. The van der Waals surface area contributed by atoms with E-state index >= 15 is 0 Å². The van der Waals surface area contributed by atoms with Gasteiger partial charge in [0.25, 0.3) is 0 Å². The summed E-state index contributed by atoms with van der Waals surface area (Å²) in [5.74, 6) is 0.633. The molecule has 50 valence electrons. The molecule has 0 fully saturated rings. The first kappa shape index (κ1) is 6.26. The minimum absolute atomic E-state index is 0.323. The van der Waals surface area contributed by atoms with Crippen LogP contribution in [-0.2, 0) is 4.74 Å². The molecule has 0 N–H and O–H groups in total. The van der Waals surface area contributed by atoms with Crippen LogP contribution in [0.3, 0.4) is 0 Å². The van der Waals surface area contributed by atoms with Crippen LogP contribution in [0.2, 0.25) is 0 Å². The second kappa shape index (κ2) is 2.62. The van der Waals surface area contributed by atoms with E-state index < -0.39 is 0 Å². The van der Waals surface area contributed by atoms with E-state index in [2.05, 4.69) is 9.98 Å². The van der Waals surface area contributed by atoms with Gasteiger partial charge in [-0.1, -0.05) is 0 Å². The molecule has 0 aromatic heterocycles. The Balaban J connectivity index is 2.52. The first-order valence-corrected chi connectivity index (χ1v) is 2.94. The third kappa shape index (κ3) is 1.52. The van der Waals surface area contributed by atoms with Crippen LogP contribution in [0, 0.1) is 0 Å². The minimum Gasteiger partial charge on any atom is -0.480 e. The Hall–Kier alpha value is -0.860. The van der Waals surface area contributed by atoms with Gasteiger partial charge in [0.2, 0.25) is 5.90 Å². The molecule has 1 aliphatic rings. The molecule has 0 bridgehead atoms. The lowest BCUT2D eigenvalue weighted by molar-refractivity contribution is 0.407. The van der Waals surface area contributed by atoms with E-state index in [4.69, 9.17) is 4.74 Å². The zero-order valence-corrected chi connectivity index (χ0v) is 5.66. The van der Waals surface area contributed by atoms with Gasteiger partial charge in [-0.25, -0.2) is 4.99 Å². The van der Waals surface area contributed by atoms with Crippen LogP contribution >= 0.6 is 0 Å². The molecule has 1 aliphatic heterocycles. The molecule has 0 amide bonds. The average molecular weight is 126 g/mol. The van der Waals surface area contributed by atoms with E-state index in [1.165, 1.54) is 0 Å². The van der Waals surface area contributed by atoms with Crippen LogP contribution < -0.4 is 0 Å². The van der Waals surface area contributed by atoms with Crippen LogP contribution in [0.15, 0.2) is 9.98 Å². The summed E-state index contributed by atoms with van der Waals surface area (Å²) in [6, 6.07) is 0.323. The van der Waals surface area contributed by atoms with E-state index in [0.29, 0.717) is 11.9 Å². The van der Waals surface area contributed by atoms with Gasteiger partial charge in [-0.15, -0.1) is 0 Å². The first-order valence-electron chi connectivity index (χ1n) is 2.94. The highest BCUT2D eigenvalue weighted by atomic mass is 16.5. The van der Waals surface area contributed by atoms with E-state index in [1.54, 1.807) is 13.3 Å². The Morgan fingerprint density at radius 3 is 3.00 bits per heavy atom. The van der Waals surface area contributed by atoms with Gasteiger partial charge < -0.3 is 4.74 Å². The third-order valence-corrected chi connectivity index (χ3v) is 1.16. The van der Waals surface area contributed by atoms with Crippen LogP contribution in [-0.4, -0.2) is 31.8 Å². The molecule has 0 saturated carbocycles. The van der Waals surface area contributed by atoms with Crippen molar-refractivity contribution in [3.63, 3.8) is 0 Å². The summed E-state index contributed by atoms with van der Waals surface area (Å²) >= 11 is 0. The Bertz CT molecular complexity index is 151. The van der Waals surface area contributed by atoms with Crippen molar-refractivity contribution in [2.45, 2.75) is 13.0 Å². The molecule has 0 radical (unpaired) electrons. The maximum absolute atomic E-state index is 4.84. The molecule has 1 rings (SSSR count). The Morgan fingerprint density at radius 2 is 2.56 bits per heavy atom. The van der Waals surface area contributed by atoms with Crippen LogP contribution in [0.5, 0.6) is 0 Å². The van der Waals surface area contributed by atoms with Gasteiger partial charge >= 0.3 is 0 Å². The number of aliphatic imine (C=N–C) groups is 2. The SMILES string of the molecule is COC1=NCC(C)N=C1. The molecule has 0 aliphatic carbocycles. The smallest absolute Gasteiger partial charge is 0.226 e. The summed E-state index contributed by atoms with van der Waals surface area (Å²) in [7, 11) is 1.60. The normalized spacial score (nSPS) is 25.6. The first-order chi connectivity index (χ1) is 4.33. The minimum atomic E-state index is 0.323. The quantitative estimate of drug-likeness (QED) is 0.465. The summed E-state index contributed by atoms with van der Waals surface area (Å²) in [5.41, 5.74) is 0. The fourth-order valence-corrected chi connectivity index (χ4v) is 0.618. The monoisotopic (exact) mass is 126 g/mol. The molecule has 0 aromatic rings. The Labute approximate surface area is 54.5 Å². The molecule has 3 nitrogen and oxygen atoms in total. The Morgan fingerprint density at radius 1 is 1.78 bits per heavy atom. The predicted octanol–water partition coefficient (Wildman–Crippen LogP) is 0.504. The molecule has 1 atom stereocenters. The van der Waals surface area contributed by atoms with Gasteiger partial charge in [-0.05, 0) is 6.92 Å². The second-order valence-electron chi connectivity index (χ2n) is 2.01.